The molecule has 0 heterocycles. The minimum atomic E-state index is -1.44. The second-order valence-corrected chi connectivity index (χ2v) is 12.7. The number of halogens is 1. The molecule has 0 aromatic carbocycles. The summed E-state index contributed by atoms with van der Waals surface area (Å²) in [5.74, 6) is 0. The summed E-state index contributed by atoms with van der Waals surface area (Å²) < 4.78 is 65.7. The third-order valence-electron chi connectivity index (χ3n) is 3.96. The van der Waals surface area contributed by atoms with Crippen molar-refractivity contribution in [2.75, 3.05) is 132 Å². The minimum Gasteiger partial charge on any atom is -0.415 e. The fourth-order valence-electron chi connectivity index (χ4n) is 2.32. The predicted octanol–water partition coefficient (Wildman–Crippen LogP) is 1.96. The molecular weight excluding hydrogens is 483 g/mol. The highest BCUT2D eigenvalue weighted by Gasteiger charge is 2.12. The first-order chi connectivity index (χ1) is 17.1. The van der Waals surface area contributed by atoms with E-state index in [2.05, 4.69) is 19.6 Å². The second kappa shape index (κ2) is 28.3. The van der Waals surface area contributed by atoms with Crippen LogP contribution in [0.4, 0.5) is 4.39 Å². The summed E-state index contributed by atoms with van der Waals surface area (Å²) in [6.07, 6.45) is 0. The molecule has 0 aromatic rings. The van der Waals surface area contributed by atoms with Gasteiger partial charge in [-0.25, -0.2) is 4.39 Å². The summed E-state index contributed by atoms with van der Waals surface area (Å²) in [5.41, 5.74) is 0. The number of rotatable bonds is 30. The largest absolute Gasteiger partial charge is 0.415 e. The number of alkyl halides is 1. The van der Waals surface area contributed by atoms with Crippen molar-refractivity contribution in [1.29, 1.82) is 0 Å². The van der Waals surface area contributed by atoms with Crippen LogP contribution in [-0.2, 0) is 47.1 Å². The molecule has 0 atom stereocenters. The van der Waals surface area contributed by atoms with E-state index in [1.165, 1.54) is 0 Å². The van der Waals surface area contributed by atoms with E-state index in [4.69, 9.17) is 47.1 Å². The van der Waals surface area contributed by atoms with E-state index in [9.17, 15) is 4.39 Å². The van der Waals surface area contributed by atoms with E-state index in [1.807, 2.05) is 0 Å². The van der Waals surface area contributed by atoms with E-state index in [-0.39, 0.29) is 6.61 Å². The van der Waals surface area contributed by atoms with E-state index >= 15 is 0 Å². The van der Waals surface area contributed by atoms with Crippen molar-refractivity contribution in [3.05, 3.63) is 0 Å². The van der Waals surface area contributed by atoms with Crippen LogP contribution < -0.4 is 0 Å². The molecule has 10 nitrogen and oxygen atoms in total. The zero-order valence-electron chi connectivity index (χ0n) is 22.1. The lowest BCUT2D eigenvalue weighted by Gasteiger charge is -2.16. The van der Waals surface area contributed by atoms with Crippen LogP contribution >= 0.6 is 0 Å². The molecule has 0 unspecified atom stereocenters. The molecule has 0 saturated carbocycles. The van der Waals surface area contributed by atoms with Gasteiger partial charge in [-0.2, -0.15) is 0 Å². The van der Waals surface area contributed by atoms with Crippen molar-refractivity contribution in [2.24, 2.45) is 0 Å². The van der Waals surface area contributed by atoms with Crippen molar-refractivity contribution in [3.8, 4) is 0 Å². The van der Waals surface area contributed by atoms with Gasteiger partial charge in [0.15, 0.2) is 8.32 Å². The molecule has 12 heteroatoms. The number of hydrogen-bond acceptors (Lipinski definition) is 10. The van der Waals surface area contributed by atoms with Crippen LogP contribution in [0.1, 0.15) is 0 Å². The van der Waals surface area contributed by atoms with Gasteiger partial charge in [-0.05, 0) is 19.6 Å². The Bertz CT molecular complexity index is 405. The van der Waals surface area contributed by atoms with Crippen molar-refractivity contribution in [3.63, 3.8) is 0 Å². The molecule has 0 aromatic heterocycles. The standard InChI is InChI=1S/C23H49FO10Si/c1-35(2,3)34-23-22-33-21-20-32-19-18-31-17-16-30-15-14-29-13-12-28-11-10-27-9-8-26-7-6-25-5-4-24/h4-23H2,1-3H3. The van der Waals surface area contributed by atoms with Gasteiger partial charge in [0, 0.05) is 0 Å². The lowest BCUT2D eigenvalue weighted by atomic mass is 10.6. The summed E-state index contributed by atoms with van der Waals surface area (Å²) >= 11 is 0. The third-order valence-corrected chi connectivity index (χ3v) is 5.03. The van der Waals surface area contributed by atoms with Gasteiger partial charge in [0.2, 0.25) is 0 Å². The predicted molar refractivity (Wildman–Crippen MR) is 133 cm³/mol. The molecule has 35 heavy (non-hydrogen) atoms. The SMILES string of the molecule is C[Si](C)(C)OCCOCCOCCOCCOCCOCCOCCOCCOCCOCCF. The van der Waals surface area contributed by atoms with E-state index in [0.29, 0.717) is 119 Å². The molecule has 0 bridgehead atoms. The summed E-state index contributed by atoms with van der Waals surface area (Å²) in [6, 6.07) is 0. The monoisotopic (exact) mass is 532 g/mol. The highest BCUT2D eigenvalue weighted by atomic mass is 28.4. The van der Waals surface area contributed by atoms with Gasteiger partial charge in [-0.3, -0.25) is 0 Å². The van der Waals surface area contributed by atoms with Gasteiger partial charge in [0.25, 0.3) is 0 Å². The summed E-state index contributed by atoms with van der Waals surface area (Å²) in [6.45, 7) is 15.4. The molecule has 0 aliphatic heterocycles. The Morgan fingerprint density at radius 3 is 0.743 bits per heavy atom. The van der Waals surface area contributed by atoms with Crippen LogP contribution in [0.15, 0.2) is 0 Å². The lowest BCUT2D eigenvalue weighted by Crippen LogP contribution is -2.27. The van der Waals surface area contributed by atoms with E-state index < -0.39 is 15.0 Å². The van der Waals surface area contributed by atoms with Gasteiger partial charge in [-0.15, -0.1) is 0 Å². The Kier molecular flexibility index (Phi) is 28.1. The Balaban J connectivity index is 3.03. The van der Waals surface area contributed by atoms with Crippen molar-refractivity contribution in [2.45, 2.75) is 19.6 Å². The maximum Gasteiger partial charge on any atom is 0.183 e. The van der Waals surface area contributed by atoms with Crippen molar-refractivity contribution < 1.29 is 51.4 Å². The highest BCUT2D eigenvalue weighted by Crippen LogP contribution is 2.01. The average molecular weight is 533 g/mol. The highest BCUT2D eigenvalue weighted by molar-refractivity contribution is 6.69. The van der Waals surface area contributed by atoms with Crippen LogP contribution in [0.2, 0.25) is 19.6 Å². The first-order valence-corrected chi connectivity index (χ1v) is 15.9. The quantitative estimate of drug-likeness (QED) is 0.101. The third kappa shape index (κ3) is 33.7. The van der Waals surface area contributed by atoms with Gasteiger partial charge in [-0.1, -0.05) is 0 Å². The number of ether oxygens (including phenoxy) is 9. The zero-order chi connectivity index (χ0) is 25.7. The molecule has 0 aliphatic rings. The Labute approximate surface area is 212 Å². The smallest absolute Gasteiger partial charge is 0.183 e. The summed E-state index contributed by atoms with van der Waals surface area (Å²) in [7, 11) is -1.44. The fourth-order valence-corrected chi connectivity index (χ4v) is 3.02. The van der Waals surface area contributed by atoms with Crippen LogP contribution in [0.25, 0.3) is 0 Å². The Hall–Kier alpha value is -0.253. The van der Waals surface area contributed by atoms with E-state index in [1.54, 1.807) is 0 Å². The van der Waals surface area contributed by atoms with Gasteiger partial charge in [0.05, 0.1) is 126 Å². The first-order valence-electron chi connectivity index (χ1n) is 12.5. The molecule has 0 fully saturated rings. The van der Waals surface area contributed by atoms with Crippen molar-refractivity contribution >= 4 is 8.32 Å². The normalized spacial score (nSPS) is 12.0. The van der Waals surface area contributed by atoms with Crippen LogP contribution in [0, 0.1) is 0 Å². The molecular formula is C23H49FO10Si. The molecule has 0 saturated heterocycles. The van der Waals surface area contributed by atoms with Crippen LogP contribution in [0.3, 0.4) is 0 Å². The van der Waals surface area contributed by atoms with Crippen LogP contribution in [-0.4, -0.2) is 141 Å². The van der Waals surface area contributed by atoms with Gasteiger partial charge < -0.3 is 47.1 Å². The van der Waals surface area contributed by atoms with Gasteiger partial charge in [0.1, 0.15) is 6.67 Å². The minimum absolute atomic E-state index is 0.118. The lowest BCUT2D eigenvalue weighted by molar-refractivity contribution is -0.0255. The molecule has 0 aliphatic carbocycles. The Morgan fingerprint density at radius 2 is 0.543 bits per heavy atom. The maximum atomic E-state index is 11.8. The van der Waals surface area contributed by atoms with Gasteiger partial charge >= 0.3 is 0 Å². The topological polar surface area (TPSA) is 92.3 Å². The summed E-state index contributed by atoms with van der Waals surface area (Å²) in [5, 5.41) is 0. The molecule has 0 amide bonds. The zero-order valence-corrected chi connectivity index (χ0v) is 23.1. The molecule has 0 rings (SSSR count). The summed E-state index contributed by atoms with van der Waals surface area (Å²) in [4.78, 5) is 0. The average Bonchev–Trinajstić information content (AvgIpc) is 2.82. The fraction of sp³-hybridized carbons (Fsp3) is 1.00. The number of hydrogen-bond donors (Lipinski definition) is 0. The second-order valence-electron chi connectivity index (χ2n) is 8.16. The Morgan fingerprint density at radius 1 is 0.343 bits per heavy atom. The molecule has 0 spiro atoms. The van der Waals surface area contributed by atoms with Crippen LogP contribution in [0.5, 0.6) is 0 Å². The van der Waals surface area contributed by atoms with E-state index in [0.717, 1.165) is 0 Å². The molecule has 0 radical (unpaired) electrons. The molecule has 212 valence electrons. The maximum absolute atomic E-state index is 11.8. The van der Waals surface area contributed by atoms with Crippen molar-refractivity contribution in [1.82, 2.24) is 0 Å². The first kappa shape index (κ1) is 34.7. The molecule has 0 N–H and O–H groups in total.